The zero-order valence-electron chi connectivity index (χ0n) is 11.8. The predicted molar refractivity (Wildman–Crippen MR) is 90.3 cm³/mol. The predicted octanol–water partition coefficient (Wildman–Crippen LogP) is 4.86. The molecule has 0 amide bonds. The number of hydrogen-bond acceptors (Lipinski definition) is 2. The van der Waals surface area contributed by atoms with Crippen LogP contribution in [0.2, 0.25) is 0 Å². The molecule has 0 spiro atoms. The SMILES string of the molecule is CNC(Cc1cc(Br)ccc1OC)c1cccc(F)c1Br. The molecule has 2 aromatic carbocycles. The molecule has 5 heteroatoms. The number of ether oxygens (including phenoxy) is 1. The summed E-state index contributed by atoms with van der Waals surface area (Å²) >= 11 is 6.80. The van der Waals surface area contributed by atoms with Crippen molar-refractivity contribution in [1.82, 2.24) is 5.32 Å². The summed E-state index contributed by atoms with van der Waals surface area (Å²) in [5.74, 6) is 0.569. The van der Waals surface area contributed by atoms with Crippen molar-refractivity contribution in [3.05, 3.63) is 62.3 Å². The van der Waals surface area contributed by atoms with Gasteiger partial charge in [0.2, 0.25) is 0 Å². The Labute approximate surface area is 141 Å². The largest absolute Gasteiger partial charge is 0.496 e. The van der Waals surface area contributed by atoms with E-state index in [0.29, 0.717) is 10.9 Å². The van der Waals surface area contributed by atoms with Gasteiger partial charge in [0.15, 0.2) is 0 Å². The first-order chi connectivity index (χ1) is 10.1. The van der Waals surface area contributed by atoms with Gasteiger partial charge in [-0.25, -0.2) is 4.39 Å². The Morgan fingerprint density at radius 3 is 2.67 bits per heavy atom. The number of hydrogen-bond donors (Lipinski definition) is 1. The van der Waals surface area contributed by atoms with Crippen LogP contribution in [-0.2, 0) is 6.42 Å². The molecule has 21 heavy (non-hydrogen) atoms. The average Bonchev–Trinajstić information content (AvgIpc) is 2.48. The average molecular weight is 417 g/mol. The Morgan fingerprint density at radius 1 is 1.24 bits per heavy atom. The minimum Gasteiger partial charge on any atom is -0.496 e. The highest BCUT2D eigenvalue weighted by atomic mass is 79.9. The standard InChI is InChI=1S/C16H16Br2FNO/c1-20-14(12-4-3-5-13(19)16(12)18)9-10-8-11(17)6-7-15(10)21-2/h3-8,14,20H,9H2,1-2H3. The van der Waals surface area contributed by atoms with Gasteiger partial charge in [0, 0.05) is 10.5 Å². The second-order valence-corrected chi connectivity index (χ2v) is 6.35. The van der Waals surface area contributed by atoms with E-state index in [9.17, 15) is 4.39 Å². The van der Waals surface area contributed by atoms with Crippen LogP contribution in [0.4, 0.5) is 4.39 Å². The summed E-state index contributed by atoms with van der Waals surface area (Å²) in [7, 11) is 3.52. The molecule has 0 heterocycles. The number of methoxy groups -OCH3 is 1. The molecule has 0 aromatic heterocycles. The molecule has 0 fully saturated rings. The highest BCUT2D eigenvalue weighted by molar-refractivity contribution is 9.10. The molecular weight excluding hydrogens is 401 g/mol. The number of rotatable bonds is 5. The van der Waals surface area contributed by atoms with Gasteiger partial charge in [0.05, 0.1) is 11.6 Å². The van der Waals surface area contributed by atoms with Crippen LogP contribution in [0.3, 0.4) is 0 Å². The second-order valence-electron chi connectivity index (χ2n) is 4.64. The first-order valence-corrected chi connectivity index (χ1v) is 8.09. The number of halogens is 3. The highest BCUT2D eigenvalue weighted by Crippen LogP contribution is 2.31. The van der Waals surface area contributed by atoms with Gasteiger partial charge >= 0.3 is 0 Å². The van der Waals surface area contributed by atoms with Gasteiger partial charge in [-0.2, -0.15) is 0 Å². The van der Waals surface area contributed by atoms with Crippen LogP contribution in [0.1, 0.15) is 17.2 Å². The molecule has 0 aliphatic carbocycles. The molecule has 1 N–H and O–H groups in total. The van der Waals surface area contributed by atoms with E-state index in [0.717, 1.165) is 21.3 Å². The van der Waals surface area contributed by atoms with Gasteiger partial charge in [0.25, 0.3) is 0 Å². The Morgan fingerprint density at radius 2 is 2.00 bits per heavy atom. The summed E-state index contributed by atoms with van der Waals surface area (Å²) in [4.78, 5) is 0. The molecular formula is C16H16Br2FNO. The number of likely N-dealkylation sites (N-methyl/N-ethyl adjacent to an activating group) is 1. The zero-order valence-corrected chi connectivity index (χ0v) is 15.0. The number of benzene rings is 2. The molecule has 2 aromatic rings. The fourth-order valence-electron chi connectivity index (χ4n) is 2.28. The molecule has 1 unspecified atom stereocenters. The molecule has 0 aliphatic rings. The van der Waals surface area contributed by atoms with Gasteiger partial charge in [0.1, 0.15) is 11.6 Å². The molecule has 0 saturated carbocycles. The van der Waals surface area contributed by atoms with E-state index in [-0.39, 0.29) is 11.9 Å². The first kappa shape index (κ1) is 16.5. The summed E-state index contributed by atoms with van der Waals surface area (Å²) in [6.07, 6.45) is 0.696. The smallest absolute Gasteiger partial charge is 0.137 e. The summed E-state index contributed by atoms with van der Waals surface area (Å²) in [5.41, 5.74) is 1.95. The van der Waals surface area contributed by atoms with Crippen LogP contribution in [0.25, 0.3) is 0 Å². The molecule has 112 valence electrons. The van der Waals surface area contributed by atoms with Crippen LogP contribution in [0, 0.1) is 5.82 Å². The molecule has 2 rings (SSSR count). The van der Waals surface area contributed by atoms with Crippen molar-refractivity contribution in [3.8, 4) is 5.75 Å². The molecule has 0 saturated heterocycles. The van der Waals surface area contributed by atoms with Gasteiger partial charge in [-0.1, -0.05) is 28.1 Å². The van der Waals surface area contributed by atoms with Gasteiger partial charge in [-0.15, -0.1) is 0 Å². The van der Waals surface area contributed by atoms with Crippen LogP contribution in [-0.4, -0.2) is 14.2 Å². The lowest BCUT2D eigenvalue weighted by molar-refractivity contribution is 0.406. The minimum absolute atomic E-state index is 0.0155. The monoisotopic (exact) mass is 415 g/mol. The lowest BCUT2D eigenvalue weighted by Crippen LogP contribution is -2.20. The Balaban J connectivity index is 2.35. The van der Waals surface area contributed by atoms with E-state index < -0.39 is 0 Å². The second kappa shape index (κ2) is 7.38. The van der Waals surface area contributed by atoms with Crippen LogP contribution < -0.4 is 10.1 Å². The van der Waals surface area contributed by atoms with E-state index in [1.807, 2.05) is 31.3 Å². The fourth-order valence-corrected chi connectivity index (χ4v) is 3.23. The van der Waals surface area contributed by atoms with E-state index in [4.69, 9.17) is 4.74 Å². The van der Waals surface area contributed by atoms with Gasteiger partial charge in [-0.3, -0.25) is 0 Å². The van der Waals surface area contributed by atoms with Crippen LogP contribution in [0.5, 0.6) is 5.75 Å². The Kier molecular flexibility index (Phi) is 5.79. The van der Waals surface area contributed by atoms with Crippen molar-refractivity contribution in [2.24, 2.45) is 0 Å². The summed E-state index contributed by atoms with van der Waals surface area (Å²) in [5, 5.41) is 3.24. The molecule has 0 radical (unpaired) electrons. The van der Waals surface area contributed by atoms with Crippen molar-refractivity contribution in [3.63, 3.8) is 0 Å². The quantitative estimate of drug-likeness (QED) is 0.751. The maximum absolute atomic E-state index is 13.7. The lowest BCUT2D eigenvalue weighted by Gasteiger charge is -2.20. The van der Waals surface area contributed by atoms with Crippen molar-refractivity contribution in [1.29, 1.82) is 0 Å². The lowest BCUT2D eigenvalue weighted by atomic mass is 9.98. The van der Waals surface area contributed by atoms with Crippen molar-refractivity contribution in [2.45, 2.75) is 12.5 Å². The number of nitrogens with one attached hydrogen (secondary N) is 1. The Hall–Kier alpha value is -0.910. The Bertz CT molecular complexity index is 634. The topological polar surface area (TPSA) is 21.3 Å². The maximum atomic E-state index is 13.7. The van der Waals surface area contributed by atoms with Crippen molar-refractivity contribution >= 4 is 31.9 Å². The fraction of sp³-hybridized carbons (Fsp3) is 0.250. The van der Waals surface area contributed by atoms with E-state index in [1.165, 1.54) is 6.07 Å². The molecule has 2 nitrogen and oxygen atoms in total. The van der Waals surface area contributed by atoms with E-state index in [1.54, 1.807) is 13.2 Å². The summed E-state index contributed by atoms with van der Waals surface area (Å²) < 4.78 is 20.6. The third-order valence-electron chi connectivity index (χ3n) is 3.37. The zero-order chi connectivity index (χ0) is 15.4. The molecule has 0 aliphatic heterocycles. The minimum atomic E-state index is -0.256. The van der Waals surface area contributed by atoms with Crippen LogP contribution >= 0.6 is 31.9 Å². The van der Waals surface area contributed by atoms with Crippen LogP contribution in [0.15, 0.2) is 45.3 Å². The normalized spacial score (nSPS) is 12.2. The molecule has 1 atom stereocenters. The first-order valence-electron chi connectivity index (χ1n) is 6.50. The maximum Gasteiger partial charge on any atom is 0.137 e. The van der Waals surface area contributed by atoms with E-state index in [2.05, 4.69) is 37.2 Å². The summed E-state index contributed by atoms with van der Waals surface area (Å²) in [6.45, 7) is 0. The van der Waals surface area contributed by atoms with Crippen molar-refractivity contribution < 1.29 is 9.13 Å². The van der Waals surface area contributed by atoms with E-state index >= 15 is 0 Å². The third kappa shape index (κ3) is 3.84. The van der Waals surface area contributed by atoms with Gasteiger partial charge in [-0.05, 0) is 64.8 Å². The summed E-state index contributed by atoms with van der Waals surface area (Å²) in [6, 6.07) is 11.0. The molecule has 0 bridgehead atoms. The highest BCUT2D eigenvalue weighted by Gasteiger charge is 2.17. The van der Waals surface area contributed by atoms with Gasteiger partial charge < -0.3 is 10.1 Å². The van der Waals surface area contributed by atoms with Crippen molar-refractivity contribution in [2.75, 3.05) is 14.2 Å². The third-order valence-corrected chi connectivity index (χ3v) is 4.70.